The van der Waals surface area contributed by atoms with E-state index >= 15 is 0 Å². The zero-order valence-corrected chi connectivity index (χ0v) is 14.5. The Labute approximate surface area is 148 Å². The molecule has 0 radical (unpaired) electrons. The summed E-state index contributed by atoms with van der Waals surface area (Å²) < 4.78 is 0. The van der Waals surface area contributed by atoms with Crippen LogP contribution in [-0.4, -0.2) is 42.6 Å². The number of H-pyrrole nitrogens is 1. The maximum absolute atomic E-state index is 12.9. The highest BCUT2D eigenvalue weighted by Gasteiger charge is 2.34. The van der Waals surface area contributed by atoms with Gasteiger partial charge >= 0.3 is 6.03 Å². The monoisotopic (exact) mass is 355 g/mol. The predicted molar refractivity (Wildman–Crippen MR) is 93.4 cm³/mol. The summed E-state index contributed by atoms with van der Waals surface area (Å²) in [6, 6.07) is 3.37. The highest BCUT2D eigenvalue weighted by Crippen LogP contribution is 2.33. The number of amides is 2. The Morgan fingerprint density at radius 2 is 2.24 bits per heavy atom. The molecule has 2 amide bonds. The minimum Gasteiger partial charge on any atom is -0.348 e. The summed E-state index contributed by atoms with van der Waals surface area (Å²) in [5.41, 5.74) is 2.92. The van der Waals surface area contributed by atoms with Gasteiger partial charge in [0.1, 0.15) is 11.0 Å². The second-order valence-corrected chi connectivity index (χ2v) is 6.74. The van der Waals surface area contributed by atoms with Crippen LogP contribution < -0.4 is 5.32 Å². The van der Waals surface area contributed by atoms with Crippen LogP contribution in [0, 0.1) is 0 Å². The molecule has 8 nitrogen and oxygen atoms in total. The number of rotatable bonds is 3. The van der Waals surface area contributed by atoms with Crippen molar-refractivity contribution in [1.29, 1.82) is 0 Å². The van der Waals surface area contributed by atoms with E-state index in [-0.39, 0.29) is 12.1 Å². The van der Waals surface area contributed by atoms with E-state index in [1.807, 2.05) is 19.1 Å². The Morgan fingerprint density at radius 3 is 3.00 bits per heavy atom. The first-order valence-electron chi connectivity index (χ1n) is 8.08. The number of imidazole rings is 1. The molecule has 2 N–H and O–H groups in total. The van der Waals surface area contributed by atoms with Gasteiger partial charge in [0.25, 0.3) is 0 Å². The molecule has 3 aromatic rings. The van der Waals surface area contributed by atoms with E-state index in [0.717, 1.165) is 34.8 Å². The SMILES string of the molecule is CCc1nnc(NC(=O)N2CCc3[nH]cnc3C2c2ccncc2)s1. The minimum atomic E-state index is -0.253. The molecule has 0 saturated carbocycles. The molecule has 1 unspecified atom stereocenters. The summed E-state index contributed by atoms with van der Waals surface area (Å²) in [5, 5.41) is 12.4. The van der Waals surface area contributed by atoms with Crippen LogP contribution in [0.4, 0.5) is 9.93 Å². The summed E-state index contributed by atoms with van der Waals surface area (Å²) in [6.07, 6.45) is 6.67. The maximum Gasteiger partial charge on any atom is 0.324 e. The van der Waals surface area contributed by atoms with Crippen molar-refractivity contribution in [3.63, 3.8) is 0 Å². The molecule has 0 bridgehead atoms. The van der Waals surface area contributed by atoms with Gasteiger partial charge in [-0.15, -0.1) is 10.2 Å². The van der Waals surface area contributed by atoms with Crippen molar-refractivity contribution in [3.8, 4) is 0 Å². The molecule has 0 spiro atoms. The van der Waals surface area contributed by atoms with E-state index in [2.05, 4.69) is 30.5 Å². The number of nitrogens with zero attached hydrogens (tertiary/aromatic N) is 5. The summed E-state index contributed by atoms with van der Waals surface area (Å²) in [5.74, 6) is 0. The molecule has 1 aliphatic heterocycles. The zero-order valence-electron chi connectivity index (χ0n) is 13.6. The average Bonchev–Trinajstić information content (AvgIpc) is 3.30. The van der Waals surface area contributed by atoms with Crippen molar-refractivity contribution in [1.82, 2.24) is 30.0 Å². The second-order valence-electron chi connectivity index (χ2n) is 5.68. The number of fused-ring (bicyclic) bond motifs is 1. The number of carbonyl (C=O) groups is 1. The fourth-order valence-corrected chi connectivity index (χ4v) is 3.66. The summed E-state index contributed by atoms with van der Waals surface area (Å²) >= 11 is 1.40. The quantitative estimate of drug-likeness (QED) is 0.751. The van der Waals surface area contributed by atoms with Crippen LogP contribution in [0.2, 0.25) is 0 Å². The third kappa shape index (κ3) is 2.98. The lowest BCUT2D eigenvalue weighted by Gasteiger charge is -2.34. The number of hydrogen-bond acceptors (Lipinski definition) is 6. The van der Waals surface area contributed by atoms with E-state index in [1.54, 1.807) is 23.6 Å². The molecule has 1 aliphatic rings. The highest BCUT2D eigenvalue weighted by atomic mass is 32.1. The normalized spacial score (nSPS) is 16.5. The topological polar surface area (TPSA) is 99.7 Å². The van der Waals surface area contributed by atoms with Gasteiger partial charge in [-0.25, -0.2) is 9.78 Å². The van der Waals surface area contributed by atoms with Gasteiger partial charge < -0.3 is 9.88 Å². The number of hydrogen-bond donors (Lipinski definition) is 2. The Balaban J connectivity index is 1.64. The Morgan fingerprint density at radius 1 is 1.40 bits per heavy atom. The fourth-order valence-electron chi connectivity index (χ4n) is 2.99. The largest absolute Gasteiger partial charge is 0.348 e. The lowest BCUT2D eigenvalue weighted by molar-refractivity contribution is 0.192. The molecule has 9 heteroatoms. The maximum atomic E-state index is 12.9. The van der Waals surface area contributed by atoms with Crippen LogP contribution in [0.25, 0.3) is 0 Å². The van der Waals surface area contributed by atoms with Crippen LogP contribution in [0.1, 0.15) is 34.9 Å². The first-order chi connectivity index (χ1) is 12.3. The molecule has 4 rings (SSSR count). The van der Waals surface area contributed by atoms with Gasteiger partial charge in [0.05, 0.1) is 12.0 Å². The van der Waals surface area contributed by atoms with Crippen LogP contribution in [0.15, 0.2) is 30.9 Å². The Bertz CT molecular complexity index is 876. The molecule has 0 fully saturated rings. The van der Waals surface area contributed by atoms with E-state index in [4.69, 9.17) is 0 Å². The number of urea groups is 1. The van der Waals surface area contributed by atoms with Gasteiger partial charge in [-0.1, -0.05) is 18.3 Å². The van der Waals surface area contributed by atoms with Gasteiger partial charge in [0.15, 0.2) is 0 Å². The van der Waals surface area contributed by atoms with Crippen LogP contribution in [0.3, 0.4) is 0 Å². The van der Waals surface area contributed by atoms with E-state index in [1.165, 1.54) is 11.3 Å². The third-order valence-corrected chi connectivity index (χ3v) is 5.17. The number of carbonyl (C=O) groups excluding carboxylic acids is 1. The molecular formula is C16H17N7OS. The second kappa shape index (κ2) is 6.60. The standard InChI is InChI=1S/C16H17N7OS/c1-2-12-21-22-15(25-12)20-16(24)23-8-5-11-13(19-9-18-11)14(23)10-3-6-17-7-4-10/h3-4,6-7,9,14H,2,5,8H2,1H3,(H,18,19)(H,20,22,24). The molecule has 0 aliphatic carbocycles. The van der Waals surface area contributed by atoms with Crippen molar-refractivity contribution in [3.05, 3.63) is 52.8 Å². The molecule has 4 heterocycles. The molecular weight excluding hydrogens is 338 g/mol. The number of aromatic nitrogens is 5. The van der Waals surface area contributed by atoms with Gasteiger partial charge in [0, 0.05) is 31.1 Å². The van der Waals surface area contributed by atoms with Gasteiger partial charge in [-0.05, 0) is 24.1 Å². The lowest BCUT2D eigenvalue weighted by Crippen LogP contribution is -2.43. The number of aromatic amines is 1. The van der Waals surface area contributed by atoms with E-state index < -0.39 is 0 Å². The lowest BCUT2D eigenvalue weighted by atomic mass is 9.97. The number of anilines is 1. The van der Waals surface area contributed by atoms with Gasteiger partial charge in [-0.3, -0.25) is 10.3 Å². The highest BCUT2D eigenvalue weighted by molar-refractivity contribution is 7.15. The van der Waals surface area contributed by atoms with Crippen LogP contribution >= 0.6 is 11.3 Å². The van der Waals surface area contributed by atoms with E-state index in [0.29, 0.717) is 11.7 Å². The van der Waals surface area contributed by atoms with Gasteiger partial charge in [-0.2, -0.15) is 0 Å². The third-order valence-electron chi connectivity index (χ3n) is 4.19. The van der Waals surface area contributed by atoms with Crippen molar-refractivity contribution in [2.45, 2.75) is 25.8 Å². The summed E-state index contributed by atoms with van der Waals surface area (Å²) in [6.45, 7) is 2.60. The molecule has 1 atom stereocenters. The molecule has 128 valence electrons. The summed E-state index contributed by atoms with van der Waals surface area (Å²) in [7, 11) is 0. The molecule has 3 aromatic heterocycles. The van der Waals surface area contributed by atoms with Crippen molar-refractivity contribution >= 4 is 22.5 Å². The average molecular weight is 355 g/mol. The van der Waals surface area contributed by atoms with Crippen molar-refractivity contribution in [2.24, 2.45) is 0 Å². The van der Waals surface area contributed by atoms with Crippen LogP contribution in [-0.2, 0) is 12.8 Å². The smallest absolute Gasteiger partial charge is 0.324 e. The molecule has 25 heavy (non-hydrogen) atoms. The Kier molecular flexibility index (Phi) is 4.14. The zero-order chi connectivity index (χ0) is 17.2. The molecule has 0 aromatic carbocycles. The fraction of sp³-hybridized carbons (Fsp3) is 0.312. The Hall–Kier alpha value is -2.81. The van der Waals surface area contributed by atoms with Crippen molar-refractivity contribution < 1.29 is 4.79 Å². The summed E-state index contributed by atoms with van der Waals surface area (Å²) in [4.78, 5) is 26.4. The van der Waals surface area contributed by atoms with Gasteiger partial charge in [0.2, 0.25) is 5.13 Å². The number of nitrogens with one attached hydrogen (secondary N) is 2. The predicted octanol–water partition coefficient (Wildman–Crippen LogP) is 2.40. The first kappa shape index (κ1) is 15.7. The first-order valence-corrected chi connectivity index (χ1v) is 8.90. The van der Waals surface area contributed by atoms with E-state index in [9.17, 15) is 4.79 Å². The minimum absolute atomic E-state index is 0.200. The molecule has 0 saturated heterocycles. The number of aryl methyl sites for hydroxylation is 1. The van der Waals surface area contributed by atoms with Crippen LogP contribution in [0.5, 0.6) is 0 Å². The van der Waals surface area contributed by atoms with Crippen molar-refractivity contribution in [2.75, 3.05) is 11.9 Å². The number of pyridine rings is 1.